The first-order chi connectivity index (χ1) is 13.4. The van der Waals surface area contributed by atoms with Gasteiger partial charge in [0, 0.05) is 11.1 Å². The Hall–Kier alpha value is -3.24. The second-order valence-corrected chi connectivity index (χ2v) is 5.68. The van der Waals surface area contributed by atoms with Crippen LogP contribution in [0.2, 0.25) is 0 Å². The summed E-state index contributed by atoms with van der Waals surface area (Å²) >= 11 is 0. The van der Waals surface area contributed by atoms with Crippen LogP contribution in [0.3, 0.4) is 0 Å². The van der Waals surface area contributed by atoms with Crippen molar-refractivity contribution >= 4 is 0 Å². The molecule has 0 amide bonds. The number of terminal acetylenes is 1. The van der Waals surface area contributed by atoms with Gasteiger partial charge in [-0.1, -0.05) is 5.92 Å². The smallest absolute Gasteiger partial charge is 0.203 e. The summed E-state index contributed by atoms with van der Waals surface area (Å²) in [4.78, 5) is 0. The normalized spacial score (nSPS) is 10.6. The quantitative estimate of drug-likeness (QED) is 0.697. The second kappa shape index (κ2) is 8.63. The average molecular weight is 388 g/mol. The van der Waals surface area contributed by atoms with Crippen molar-refractivity contribution in [2.75, 3.05) is 42.7 Å². The van der Waals surface area contributed by atoms with Gasteiger partial charge in [0.25, 0.3) is 0 Å². The molecule has 0 atom stereocenters. The fourth-order valence-corrected chi connectivity index (χ4v) is 2.91. The van der Waals surface area contributed by atoms with Crippen LogP contribution in [0, 0.1) is 12.3 Å². The van der Waals surface area contributed by atoms with Crippen molar-refractivity contribution in [1.29, 1.82) is 0 Å². The van der Waals surface area contributed by atoms with Crippen LogP contribution >= 0.6 is 0 Å². The van der Waals surface area contributed by atoms with Gasteiger partial charge in [0.05, 0.1) is 42.7 Å². The topological polar surface area (TPSA) is 75.6 Å². The monoisotopic (exact) mass is 388 g/mol. The molecule has 1 N–H and O–H groups in total. The molecule has 2 rings (SSSR count). The van der Waals surface area contributed by atoms with Crippen molar-refractivity contribution in [2.24, 2.45) is 0 Å². The van der Waals surface area contributed by atoms with Gasteiger partial charge in [0.2, 0.25) is 11.5 Å². The summed E-state index contributed by atoms with van der Waals surface area (Å²) < 4.78 is 32.1. The molecule has 0 unspecified atom stereocenters. The van der Waals surface area contributed by atoms with Gasteiger partial charge >= 0.3 is 0 Å². The van der Waals surface area contributed by atoms with E-state index in [4.69, 9.17) is 34.8 Å². The van der Waals surface area contributed by atoms with Gasteiger partial charge in [-0.25, -0.2) is 0 Å². The highest BCUT2D eigenvalue weighted by molar-refractivity contribution is 5.61. The van der Waals surface area contributed by atoms with E-state index in [9.17, 15) is 5.11 Å². The minimum absolute atomic E-state index is 0.346. The summed E-state index contributed by atoms with van der Waals surface area (Å²) in [6, 6.07) is 6.35. The summed E-state index contributed by atoms with van der Waals surface area (Å²) in [7, 11) is 8.91. The van der Waals surface area contributed by atoms with E-state index in [1.54, 1.807) is 24.3 Å². The average Bonchev–Trinajstić information content (AvgIpc) is 2.75. The molecule has 0 saturated carbocycles. The molecule has 0 bridgehead atoms. The van der Waals surface area contributed by atoms with E-state index >= 15 is 0 Å². The third kappa shape index (κ3) is 3.47. The second-order valence-electron chi connectivity index (χ2n) is 5.68. The summed E-state index contributed by atoms with van der Waals surface area (Å²) in [5.41, 5.74) is -1.14. The maximum atomic E-state index is 11.4. The Bertz CT molecular complexity index is 769. The van der Waals surface area contributed by atoms with Crippen molar-refractivity contribution in [3.63, 3.8) is 0 Å². The van der Waals surface area contributed by atoms with E-state index in [-0.39, 0.29) is 0 Å². The molecule has 0 aliphatic carbocycles. The summed E-state index contributed by atoms with van der Waals surface area (Å²) in [5.74, 6) is 4.65. The molecule has 0 fully saturated rings. The number of aliphatic hydroxyl groups is 1. The molecule has 0 saturated heterocycles. The van der Waals surface area contributed by atoms with Crippen molar-refractivity contribution in [3.05, 3.63) is 35.4 Å². The largest absolute Gasteiger partial charge is 0.493 e. The van der Waals surface area contributed by atoms with E-state index in [2.05, 4.69) is 5.92 Å². The summed E-state index contributed by atoms with van der Waals surface area (Å²) in [5, 5.41) is 11.4. The molecule has 2 aromatic rings. The zero-order valence-corrected chi connectivity index (χ0v) is 16.8. The van der Waals surface area contributed by atoms with E-state index in [0.29, 0.717) is 45.6 Å². The van der Waals surface area contributed by atoms with Crippen molar-refractivity contribution in [1.82, 2.24) is 0 Å². The molecule has 0 spiro atoms. The number of ether oxygens (including phenoxy) is 6. The van der Waals surface area contributed by atoms with Gasteiger partial charge in [0.1, 0.15) is 0 Å². The van der Waals surface area contributed by atoms with Crippen LogP contribution in [-0.4, -0.2) is 47.8 Å². The molecule has 2 aromatic carbocycles. The number of rotatable bonds is 8. The van der Waals surface area contributed by atoms with Gasteiger partial charge in [-0.2, -0.15) is 0 Å². The zero-order chi connectivity index (χ0) is 20.9. The van der Waals surface area contributed by atoms with Crippen LogP contribution < -0.4 is 28.4 Å². The van der Waals surface area contributed by atoms with E-state index in [0.717, 1.165) is 0 Å². The lowest BCUT2D eigenvalue weighted by Gasteiger charge is -2.26. The SMILES string of the molecule is C#CC(O)(c1cc(OC)c(OC)c(OC)c1)c1cc(OC)c(OC)c(OC)c1. The van der Waals surface area contributed by atoms with Gasteiger partial charge in [-0.3, -0.25) is 0 Å². The zero-order valence-electron chi connectivity index (χ0n) is 16.8. The van der Waals surface area contributed by atoms with Gasteiger partial charge in [-0.05, 0) is 24.3 Å². The third-order valence-electron chi connectivity index (χ3n) is 4.37. The molecule has 0 heterocycles. The maximum absolute atomic E-state index is 11.4. The van der Waals surface area contributed by atoms with Crippen molar-refractivity contribution in [2.45, 2.75) is 5.60 Å². The fraction of sp³-hybridized carbons (Fsp3) is 0.333. The fourth-order valence-electron chi connectivity index (χ4n) is 2.91. The Balaban J connectivity index is 2.78. The van der Waals surface area contributed by atoms with Gasteiger partial charge in [-0.15, -0.1) is 6.42 Å². The Labute approximate surface area is 164 Å². The Morgan fingerprint density at radius 3 is 1.11 bits per heavy atom. The lowest BCUT2D eigenvalue weighted by molar-refractivity contribution is 0.143. The van der Waals surface area contributed by atoms with Crippen molar-refractivity contribution < 1.29 is 33.5 Å². The minimum Gasteiger partial charge on any atom is -0.493 e. The van der Waals surface area contributed by atoms with Crippen LogP contribution in [-0.2, 0) is 5.60 Å². The molecule has 150 valence electrons. The van der Waals surface area contributed by atoms with E-state index in [1.165, 1.54) is 42.7 Å². The predicted octanol–water partition coefficient (Wildman–Crippen LogP) is 2.61. The highest BCUT2D eigenvalue weighted by Crippen LogP contribution is 2.46. The lowest BCUT2D eigenvalue weighted by atomic mass is 9.86. The molecule has 0 aromatic heterocycles. The van der Waals surface area contributed by atoms with E-state index in [1.807, 2.05) is 0 Å². The molecule has 0 radical (unpaired) electrons. The Kier molecular flexibility index (Phi) is 6.49. The number of methoxy groups -OCH3 is 6. The first-order valence-corrected chi connectivity index (χ1v) is 8.25. The van der Waals surface area contributed by atoms with Crippen LogP contribution in [0.15, 0.2) is 24.3 Å². The van der Waals surface area contributed by atoms with Gasteiger partial charge < -0.3 is 33.5 Å². The summed E-state index contributed by atoms with van der Waals surface area (Å²) in [6.45, 7) is 0. The molecule has 7 nitrogen and oxygen atoms in total. The molecule has 7 heteroatoms. The highest BCUT2D eigenvalue weighted by Gasteiger charge is 2.34. The minimum atomic E-state index is -1.83. The molecule has 28 heavy (non-hydrogen) atoms. The maximum Gasteiger partial charge on any atom is 0.203 e. The van der Waals surface area contributed by atoms with Crippen molar-refractivity contribution in [3.8, 4) is 46.8 Å². The summed E-state index contributed by atoms with van der Waals surface area (Å²) in [6.07, 6.45) is 5.75. The van der Waals surface area contributed by atoms with Crippen LogP contribution in [0.4, 0.5) is 0 Å². The molecular weight excluding hydrogens is 364 g/mol. The van der Waals surface area contributed by atoms with Crippen LogP contribution in [0.5, 0.6) is 34.5 Å². The number of benzene rings is 2. The van der Waals surface area contributed by atoms with Gasteiger partial charge in [0.15, 0.2) is 28.6 Å². The third-order valence-corrected chi connectivity index (χ3v) is 4.37. The Morgan fingerprint density at radius 1 is 0.643 bits per heavy atom. The van der Waals surface area contributed by atoms with E-state index < -0.39 is 5.60 Å². The molecular formula is C21H24O7. The predicted molar refractivity (Wildman–Crippen MR) is 104 cm³/mol. The first kappa shape index (κ1) is 21.1. The lowest BCUT2D eigenvalue weighted by Crippen LogP contribution is -2.25. The van der Waals surface area contributed by atoms with Crippen LogP contribution in [0.1, 0.15) is 11.1 Å². The van der Waals surface area contributed by atoms with Crippen LogP contribution in [0.25, 0.3) is 0 Å². The highest BCUT2D eigenvalue weighted by atomic mass is 16.5. The molecule has 0 aliphatic rings. The number of hydrogen-bond acceptors (Lipinski definition) is 7. The number of hydrogen-bond donors (Lipinski definition) is 1. The molecule has 0 aliphatic heterocycles. The standard InChI is InChI=1S/C21H24O7/c1-8-21(22,13-9-15(23-2)19(27-6)16(10-13)24-3)14-11-17(25-4)20(28-7)18(12-14)26-5/h1,9-12,22H,2-7H3. The first-order valence-electron chi connectivity index (χ1n) is 8.25. The Morgan fingerprint density at radius 2 is 0.929 bits per heavy atom.